The zero-order valence-electron chi connectivity index (χ0n) is 30.9. The summed E-state index contributed by atoms with van der Waals surface area (Å²) in [7, 11) is 0. The van der Waals surface area contributed by atoms with Crippen molar-refractivity contribution in [1.82, 2.24) is 14.5 Å². The van der Waals surface area contributed by atoms with Gasteiger partial charge in [0.1, 0.15) is 23.5 Å². The number of allylic oxidation sites excluding steroid dienone is 2. The molecule has 0 amide bonds. The highest BCUT2D eigenvalue weighted by Gasteiger charge is 2.34. The van der Waals surface area contributed by atoms with Gasteiger partial charge in [0.05, 0.1) is 16.7 Å². The third-order valence-electron chi connectivity index (χ3n) is 10.2. The van der Waals surface area contributed by atoms with E-state index in [0.29, 0.717) is 5.92 Å². The fourth-order valence-corrected chi connectivity index (χ4v) is 7.75. The van der Waals surface area contributed by atoms with Gasteiger partial charge in [-0.3, -0.25) is 4.57 Å². The van der Waals surface area contributed by atoms with Crippen LogP contribution < -0.4 is 9.64 Å². The molecular weight excluding hydrogens is 625 g/mol. The lowest BCUT2D eigenvalue weighted by Crippen LogP contribution is -2.37. The van der Waals surface area contributed by atoms with E-state index in [-0.39, 0.29) is 11.6 Å². The fraction of sp³-hybridized carbons (Fsp3) is 0.239. The molecule has 2 aliphatic rings. The van der Waals surface area contributed by atoms with Gasteiger partial charge in [-0.2, -0.15) is 0 Å². The molecule has 4 heterocycles. The Balaban J connectivity index is 1.26. The summed E-state index contributed by atoms with van der Waals surface area (Å²) in [6.45, 7) is 17.9. The first kappa shape index (κ1) is 32.6. The molecule has 0 N–H and O–H groups in total. The summed E-state index contributed by atoms with van der Waals surface area (Å²) in [5, 5.41) is 2.37. The SMILES string of the molecule is Cc1cc(C)c(N2C(c3cc(Oc4ccc5c6ccccc6n(-c6cc(C(C)C)ccn6)c5c4)cc(C(C)(C)C)c3)=CN3C=CC=CC32)c(C)c1. The molecule has 6 aromatic rings. The molecule has 0 spiro atoms. The van der Waals surface area contributed by atoms with Crippen molar-refractivity contribution in [2.75, 3.05) is 4.90 Å². The van der Waals surface area contributed by atoms with E-state index in [1.807, 2.05) is 6.20 Å². The number of fused-ring (bicyclic) bond motifs is 4. The summed E-state index contributed by atoms with van der Waals surface area (Å²) in [4.78, 5) is 9.63. The Bertz CT molecular complexity index is 2400. The average Bonchev–Trinajstić information content (AvgIpc) is 3.63. The first-order chi connectivity index (χ1) is 24.5. The molecule has 0 saturated carbocycles. The van der Waals surface area contributed by atoms with Gasteiger partial charge in [-0.25, -0.2) is 4.98 Å². The van der Waals surface area contributed by atoms with Gasteiger partial charge in [0.25, 0.3) is 0 Å². The molecule has 0 aliphatic carbocycles. The van der Waals surface area contributed by atoms with Crippen LogP contribution in [0, 0.1) is 20.8 Å². The lowest BCUT2D eigenvalue weighted by Gasteiger charge is -2.34. The summed E-state index contributed by atoms with van der Waals surface area (Å²) in [5.74, 6) is 2.92. The predicted octanol–water partition coefficient (Wildman–Crippen LogP) is 11.8. The van der Waals surface area contributed by atoms with E-state index in [9.17, 15) is 0 Å². The summed E-state index contributed by atoms with van der Waals surface area (Å²) in [6, 6.07) is 30.6. The van der Waals surface area contributed by atoms with Gasteiger partial charge in [0.2, 0.25) is 0 Å². The van der Waals surface area contributed by atoms with Gasteiger partial charge in [0.15, 0.2) is 0 Å². The molecule has 0 bridgehead atoms. The molecule has 8 rings (SSSR count). The second kappa shape index (κ2) is 12.3. The molecular formula is C46H46N4O. The van der Waals surface area contributed by atoms with Crippen LogP contribution in [-0.4, -0.2) is 20.6 Å². The minimum absolute atomic E-state index is 0.0555. The zero-order valence-corrected chi connectivity index (χ0v) is 30.9. The van der Waals surface area contributed by atoms with Crippen LogP contribution in [0.3, 0.4) is 0 Å². The maximum absolute atomic E-state index is 6.87. The Morgan fingerprint density at radius 2 is 1.53 bits per heavy atom. The number of anilines is 1. The normalized spacial score (nSPS) is 15.7. The topological polar surface area (TPSA) is 33.5 Å². The van der Waals surface area contributed by atoms with Crippen LogP contribution in [-0.2, 0) is 5.41 Å². The van der Waals surface area contributed by atoms with Gasteiger partial charge >= 0.3 is 0 Å². The minimum Gasteiger partial charge on any atom is -0.457 e. The highest BCUT2D eigenvalue weighted by Crippen LogP contribution is 2.43. The first-order valence-corrected chi connectivity index (χ1v) is 18.0. The minimum atomic E-state index is -0.0931. The molecule has 0 radical (unpaired) electrons. The summed E-state index contributed by atoms with van der Waals surface area (Å²) in [6.07, 6.45) is 12.9. The zero-order chi connectivity index (χ0) is 35.6. The van der Waals surface area contributed by atoms with E-state index in [0.717, 1.165) is 39.6 Å². The molecule has 4 aromatic carbocycles. The van der Waals surface area contributed by atoms with Crippen molar-refractivity contribution in [2.45, 2.75) is 72.9 Å². The number of para-hydroxylation sites is 1. The number of aromatic nitrogens is 2. The standard InChI is InChI=1S/C46H46N4O/c1-29(2)33-18-19-47-43(25-33)49-40-14-10-9-13-38(40)39-17-16-36(27-41(39)49)51-37-24-34(23-35(26-37)46(6,7)8)42-28-48-20-12-11-15-44(48)50(42)45-31(4)21-30(3)22-32(45)5/h9-29,44H,1-8H3. The highest BCUT2D eigenvalue weighted by atomic mass is 16.5. The van der Waals surface area contributed by atoms with Gasteiger partial charge in [0, 0.05) is 46.7 Å². The van der Waals surface area contributed by atoms with Crippen molar-refractivity contribution >= 4 is 33.2 Å². The Labute approximate surface area is 301 Å². The van der Waals surface area contributed by atoms with Gasteiger partial charge in [-0.05, 0) is 115 Å². The Hall–Kier alpha value is -5.55. The van der Waals surface area contributed by atoms with Gasteiger partial charge in [-0.1, -0.05) is 76.6 Å². The molecule has 5 nitrogen and oxygen atoms in total. The molecule has 51 heavy (non-hydrogen) atoms. The third kappa shape index (κ3) is 5.81. The average molecular weight is 671 g/mol. The van der Waals surface area contributed by atoms with E-state index in [4.69, 9.17) is 9.72 Å². The van der Waals surface area contributed by atoms with E-state index in [1.165, 1.54) is 44.3 Å². The number of rotatable bonds is 6. The number of hydrogen-bond acceptors (Lipinski definition) is 4. The number of aryl methyl sites for hydroxylation is 3. The monoisotopic (exact) mass is 670 g/mol. The molecule has 5 heteroatoms. The van der Waals surface area contributed by atoms with Gasteiger partial charge < -0.3 is 14.5 Å². The quantitative estimate of drug-likeness (QED) is 0.177. The van der Waals surface area contributed by atoms with Crippen LogP contribution in [0.15, 0.2) is 122 Å². The van der Waals surface area contributed by atoms with Crippen molar-refractivity contribution in [2.24, 2.45) is 0 Å². The van der Waals surface area contributed by atoms with Crippen LogP contribution in [0.1, 0.15) is 73.9 Å². The Morgan fingerprint density at radius 1 is 0.765 bits per heavy atom. The Morgan fingerprint density at radius 3 is 2.29 bits per heavy atom. The van der Waals surface area contributed by atoms with Gasteiger partial charge in [-0.15, -0.1) is 0 Å². The van der Waals surface area contributed by atoms with E-state index < -0.39 is 0 Å². The predicted molar refractivity (Wildman–Crippen MR) is 213 cm³/mol. The second-order valence-electron chi connectivity index (χ2n) is 15.5. The van der Waals surface area contributed by atoms with Crippen LogP contribution in [0.5, 0.6) is 11.5 Å². The number of ether oxygens (including phenoxy) is 1. The largest absolute Gasteiger partial charge is 0.457 e. The maximum atomic E-state index is 6.87. The molecule has 256 valence electrons. The number of benzene rings is 4. The van der Waals surface area contributed by atoms with Crippen molar-refractivity contribution in [3.63, 3.8) is 0 Å². The van der Waals surface area contributed by atoms with Crippen molar-refractivity contribution in [3.05, 3.63) is 155 Å². The lowest BCUT2D eigenvalue weighted by atomic mass is 9.85. The van der Waals surface area contributed by atoms with E-state index in [1.54, 1.807) is 0 Å². The summed E-state index contributed by atoms with van der Waals surface area (Å²) in [5.41, 5.74) is 11.9. The van der Waals surface area contributed by atoms with E-state index in [2.05, 4.69) is 185 Å². The molecule has 1 unspecified atom stereocenters. The van der Waals surface area contributed by atoms with Crippen LogP contribution in [0.4, 0.5) is 5.69 Å². The number of pyridine rings is 1. The van der Waals surface area contributed by atoms with Crippen LogP contribution in [0.2, 0.25) is 0 Å². The van der Waals surface area contributed by atoms with E-state index >= 15 is 0 Å². The Kier molecular flexibility index (Phi) is 7.90. The van der Waals surface area contributed by atoms with Crippen LogP contribution in [0.25, 0.3) is 33.3 Å². The second-order valence-corrected chi connectivity index (χ2v) is 15.5. The van der Waals surface area contributed by atoms with Crippen molar-refractivity contribution in [1.29, 1.82) is 0 Å². The first-order valence-electron chi connectivity index (χ1n) is 18.0. The summed E-state index contributed by atoms with van der Waals surface area (Å²) < 4.78 is 9.14. The van der Waals surface area contributed by atoms with Crippen LogP contribution >= 0.6 is 0 Å². The number of nitrogens with zero attached hydrogens (tertiary/aromatic N) is 4. The smallest absolute Gasteiger partial charge is 0.137 e. The molecule has 0 saturated heterocycles. The molecule has 0 fully saturated rings. The maximum Gasteiger partial charge on any atom is 0.137 e. The third-order valence-corrected chi connectivity index (χ3v) is 10.2. The molecule has 2 aliphatic heterocycles. The lowest BCUT2D eigenvalue weighted by molar-refractivity contribution is 0.455. The van der Waals surface area contributed by atoms with Crippen molar-refractivity contribution < 1.29 is 4.74 Å². The fourth-order valence-electron chi connectivity index (χ4n) is 7.75. The van der Waals surface area contributed by atoms with Crippen molar-refractivity contribution in [3.8, 4) is 17.3 Å². The molecule has 1 atom stereocenters. The summed E-state index contributed by atoms with van der Waals surface area (Å²) >= 11 is 0. The number of hydrogen-bond donors (Lipinski definition) is 0. The molecule has 2 aromatic heterocycles. The highest BCUT2D eigenvalue weighted by molar-refractivity contribution is 6.09.